The molecule has 2 aromatic heterocycles. The standard InChI is InChI=1S/C20H22ClN3O2S2/c1-2-3-4-9-24-19(26)16-8-7-14(21)11-17(16)23-20(24)28-13-18(25)22-12-15-6-5-10-27-15/h5-8,10-11H,2-4,9,12-13H2,1H3,(H,22,25). The number of aromatic nitrogens is 2. The third-order valence-corrected chi connectivity index (χ3v) is 6.33. The van der Waals surface area contributed by atoms with Crippen LogP contribution in [-0.2, 0) is 17.9 Å². The highest BCUT2D eigenvalue weighted by Gasteiger charge is 2.13. The molecule has 0 spiro atoms. The van der Waals surface area contributed by atoms with E-state index in [0.29, 0.717) is 34.2 Å². The Morgan fingerprint density at radius 2 is 2.18 bits per heavy atom. The SMILES string of the molecule is CCCCCn1c(SCC(=O)NCc2cccs2)nc2cc(Cl)ccc2c1=O. The Kier molecular flexibility index (Phi) is 7.53. The molecule has 0 atom stereocenters. The van der Waals surface area contributed by atoms with Gasteiger partial charge in [0.2, 0.25) is 5.91 Å². The van der Waals surface area contributed by atoms with E-state index < -0.39 is 0 Å². The van der Waals surface area contributed by atoms with E-state index in [9.17, 15) is 9.59 Å². The van der Waals surface area contributed by atoms with Crippen LogP contribution in [-0.4, -0.2) is 21.2 Å². The third kappa shape index (κ3) is 5.37. The lowest BCUT2D eigenvalue weighted by Gasteiger charge is -2.13. The molecule has 0 aliphatic carbocycles. The number of carbonyl (C=O) groups is 1. The van der Waals surface area contributed by atoms with Gasteiger partial charge < -0.3 is 5.32 Å². The van der Waals surface area contributed by atoms with Gasteiger partial charge in [-0.05, 0) is 36.1 Å². The second-order valence-corrected chi connectivity index (χ2v) is 8.78. The number of amides is 1. The van der Waals surface area contributed by atoms with Crippen molar-refractivity contribution in [2.24, 2.45) is 0 Å². The molecule has 0 unspecified atom stereocenters. The minimum Gasteiger partial charge on any atom is -0.350 e. The first-order valence-electron chi connectivity index (χ1n) is 9.20. The molecule has 0 saturated heterocycles. The number of thioether (sulfide) groups is 1. The molecule has 1 aromatic carbocycles. The first-order valence-corrected chi connectivity index (χ1v) is 11.4. The Balaban J connectivity index is 1.77. The van der Waals surface area contributed by atoms with E-state index in [1.807, 2.05) is 17.5 Å². The molecule has 0 bridgehead atoms. The summed E-state index contributed by atoms with van der Waals surface area (Å²) in [5.41, 5.74) is 0.477. The molecule has 0 fully saturated rings. The lowest BCUT2D eigenvalue weighted by Crippen LogP contribution is -2.26. The molecule has 0 radical (unpaired) electrons. The van der Waals surface area contributed by atoms with Gasteiger partial charge >= 0.3 is 0 Å². The molecule has 5 nitrogen and oxygen atoms in total. The molecule has 1 amide bonds. The van der Waals surface area contributed by atoms with Crippen molar-refractivity contribution in [3.8, 4) is 0 Å². The van der Waals surface area contributed by atoms with Crippen LogP contribution in [0.15, 0.2) is 45.7 Å². The summed E-state index contributed by atoms with van der Waals surface area (Å²) in [7, 11) is 0. The number of halogens is 1. The monoisotopic (exact) mass is 435 g/mol. The van der Waals surface area contributed by atoms with E-state index in [0.717, 1.165) is 24.1 Å². The molecule has 148 valence electrons. The zero-order valence-electron chi connectivity index (χ0n) is 15.6. The van der Waals surface area contributed by atoms with Gasteiger partial charge in [-0.25, -0.2) is 4.98 Å². The summed E-state index contributed by atoms with van der Waals surface area (Å²) in [6, 6.07) is 9.05. The maximum Gasteiger partial charge on any atom is 0.262 e. The smallest absolute Gasteiger partial charge is 0.262 e. The number of nitrogens with zero attached hydrogens (tertiary/aromatic N) is 2. The molecule has 0 saturated carbocycles. The molecule has 2 heterocycles. The van der Waals surface area contributed by atoms with Crippen LogP contribution in [0.5, 0.6) is 0 Å². The van der Waals surface area contributed by atoms with Crippen molar-refractivity contribution in [1.29, 1.82) is 0 Å². The lowest BCUT2D eigenvalue weighted by molar-refractivity contribution is -0.118. The quantitative estimate of drug-likeness (QED) is 0.300. The molecular formula is C20H22ClN3O2S2. The summed E-state index contributed by atoms with van der Waals surface area (Å²) in [6.07, 6.45) is 3.00. The minimum absolute atomic E-state index is 0.0840. The normalized spacial score (nSPS) is 11.1. The fraction of sp³-hybridized carbons (Fsp3) is 0.350. The highest BCUT2D eigenvalue weighted by molar-refractivity contribution is 7.99. The molecule has 1 N–H and O–H groups in total. The second-order valence-electron chi connectivity index (χ2n) is 6.36. The lowest BCUT2D eigenvalue weighted by atomic mass is 10.2. The number of hydrogen-bond donors (Lipinski definition) is 1. The maximum atomic E-state index is 12.9. The number of unbranched alkanes of at least 4 members (excludes halogenated alkanes) is 2. The van der Waals surface area contributed by atoms with Crippen LogP contribution in [0.25, 0.3) is 10.9 Å². The van der Waals surface area contributed by atoms with Crippen molar-refractivity contribution in [3.05, 3.63) is 56.0 Å². The number of hydrogen-bond acceptors (Lipinski definition) is 5. The fourth-order valence-corrected chi connectivity index (χ4v) is 4.45. The van der Waals surface area contributed by atoms with Crippen molar-refractivity contribution in [2.75, 3.05) is 5.75 Å². The van der Waals surface area contributed by atoms with Gasteiger partial charge in [0.15, 0.2) is 5.16 Å². The third-order valence-electron chi connectivity index (χ3n) is 4.24. The van der Waals surface area contributed by atoms with E-state index in [1.54, 1.807) is 34.1 Å². The Hall–Kier alpha value is -1.83. The Morgan fingerprint density at radius 1 is 1.32 bits per heavy atom. The maximum absolute atomic E-state index is 12.9. The van der Waals surface area contributed by atoms with Crippen molar-refractivity contribution in [2.45, 2.75) is 44.4 Å². The Bertz CT molecular complexity index is 1000. The first kappa shape index (κ1) is 20.9. The van der Waals surface area contributed by atoms with Gasteiger partial charge in [0.1, 0.15) is 0 Å². The highest BCUT2D eigenvalue weighted by Crippen LogP contribution is 2.21. The Morgan fingerprint density at radius 3 is 2.93 bits per heavy atom. The van der Waals surface area contributed by atoms with E-state index in [2.05, 4.69) is 17.2 Å². The number of fused-ring (bicyclic) bond motifs is 1. The number of benzene rings is 1. The summed E-state index contributed by atoms with van der Waals surface area (Å²) < 4.78 is 1.68. The number of thiophene rings is 1. The van der Waals surface area contributed by atoms with Crippen LogP contribution in [0, 0.1) is 0 Å². The zero-order chi connectivity index (χ0) is 19.9. The topological polar surface area (TPSA) is 64.0 Å². The zero-order valence-corrected chi connectivity index (χ0v) is 18.0. The van der Waals surface area contributed by atoms with E-state index >= 15 is 0 Å². The van der Waals surface area contributed by atoms with Gasteiger partial charge in [-0.1, -0.05) is 49.2 Å². The van der Waals surface area contributed by atoms with Crippen molar-refractivity contribution in [1.82, 2.24) is 14.9 Å². The van der Waals surface area contributed by atoms with Gasteiger partial charge in [0.05, 0.1) is 23.2 Å². The summed E-state index contributed by atoms with van der Waals surface area (Å²) >= 11 is 8.96. The van der Waals surface area contributed by atoms with Crippen LogP contribution >= 0.6 is 34.7 Å². The first-order chi connectivity index (χ1) is 13.6. The summed E-state index contributed by atoms with van der Waals surface area (Å²) in [6.45, 7) is 3.23. The summed E-state index contributed by atoms with van der Waals surface area (Å²) in [5.74, 6) is 0.122. The average molecular weight is 436 g/mol. The van der Waals surface area contributed by atoms with Crippen LogP contribution in [0.4, 0.5) is 0 Å². The van der Waals surface area contributed by atoms with Crippen molar-refractivity contribution < 1.29 is 4.79 Å². The van der Waals surface area contributed by atoms with E-state index in [4.69, 9.17) is 11.6 Å². The summed E-state index contributed by atoms with van der Waals surface area (Å²) in [5, 5.41) is 6.52. The number of rotatable bonds is 9. The van der Waals surface area contributed by atoms with E-state index in [1.165, 1.54) is 11.8 Å². The molecule has 28 heavy (non-hydrogen) atoms. The fourth-order valence-electron chi connectivity index (χ4n) is 2.78. The number of nitrogens with one attached hydrogen (secondary N) is 1. The van der Waals surface area contributed by atoms with Crippen molar-refractivity contribution >= 4 is 51.5 Å². The average Bonchev–Trinajstić information content (AvgIpc) is 3.20. The molecule has 3 aromatic rings. The molecule has 0 aliphatic heterocycles. The van der Waals surface area contributed by atoms with Crippen LogP contribution in [0.1, 0.15) is 31.1 Å². The van der Waals surface area contributed by atoms with Gasteiger partial charge in [-0.15, -0.1) is 11.3 Å². The number of carbonyl (C=O) groups excluding carboxylic acids is 1. The largest absolute Gasteiger partial charge is 0.350 e. The van der Waals surface area contributed by atoms with Crippen molar-refractivity contribution in [3.63, 3.8) is 0 Å². The van der Waals surface area contributed by atoms with Gasteiger partial charge in [0, 0.05) is 16.4 Å². The molecule has 3 rings (SSSR count). The second kappa shape index (κ2) is 10.1. The molecular weight excluding hydrogens is 414 g/mol. The van der Waals surface area contributed by atoms with Crippen LogP contribution < -0.4 is 10.9 Å². The minimum atomic E-state index is -0.0843. The molecule has 8 heteroatoms. The predicted molar refractivity (Wildman–Crippen MR) is 117 cm³/mol. The van der Waals surface area contributed by atoms with Crippen LogP contribution in [0.2, 0.25) is 5.02 Å². The summed E-state index contributed by atoms with van der Waals surface area (Å²) in [4.78, 5) is 30.9. The molecule has 0 aliphatic rings. The van der Waals surface area contributed by atoms with Gasteiger partial charge in [0.25, 0.3) is 5.56 Å². The Labute approximate surface area is 177 Å². The van der Waals surface area contributed by atoms with Gasteiger partial charge in [-0.2, -0.15) is 0 Å². The predicted octanol–water partition coefficient (Wildman–Crippen LogP) is 4.71. The van der Waals surface area contributed by atoms with Gasteiger partial charge in [-0.3, -0.25) is 14.2 Å². The van der Waals surface area contributed by atoms with Crippen LogP contribution in [0.3, 0.4) is 0 Å². The highest BCUT2D eigenvalue weighted by atomic mass is 35.5. The van der Waals surface area contributed by atoms with E-state index in [-0.39, 0.29) is 17.2 Å².